The molecule has 20 heavy (non-hydrogen) atoms. The van der Waals surface area contributed by atoms with E-state index >= 15 is 0 Å². The minimum atomic E-state index is -0.499. The van der Waals surface area contributed by atoms with Gasteiger partial charge in [0.25, 0.3) is 0 Å². The summed E-state index contributed by atoms with van der Waals surface area (Å²) in [6.07, 6.45) is 1.26. The van der Waals surface area contributed by atoms with E-state index in [1.165, 1.54) is 0 Å². The fourth-order valence-corrected chi connectivity index (χ4v) is 2.24. The molecule has 1 atom stereocenters. The lowest BCUT2D eigenvalue weighted by atomic mass is 10.1. The summed E-state index contributed by atoms with van der Waals surface area (Å²) in [5.41, 5.74) is 1.96. The maximum atomic E-state index is 9.69. The Morgan fingerprint density at radius 2 is 2.25 bits per heavy atom. The Kier molecular flexibility index (Phi) is 5.73. The first-order chi connectivity index (χ1) is 9.72. The number of hydrogen-bond donors (Lipinski definition) is 2. The van der Waals surface area contributed by atoms with Gasteiger partial charge in [-0.25, -0.2) is 0 Å². The van der Waals surface area contributed by atoms with Crippen molar-refractivity contribution in [3.05, 3.63) is 41.0 Å². The fourth-order valence-electron chi connectivity index (χ4n) is 2.03. The number of nitrogens with zero attached hydrogens (tertiary/aromatic N) is 1. The number of nitrogens with one attached hydrogen (secondary N) is 1. The van der Waals surface area contributed by atoms with Crippen LogP contribution < -0.4 is 5.32 Å². The van der Waals surface area contributed by atoms with Crippen LogP contribution in [-0.2, 0) is 11.3 Å². The zero-order chi connectivity index (χ0) is 14.4. The van der Waals surface area contributed by atoms with E-state index in [0.29, 0.717) is 31.3 Å². The van der Waals surface area contributed by atoms with Crippen molar-refractivity contribution in [2.75, 3.05) is 19.8 Å². The van der Waals surface area contributed by atoms with Gasteiger partial charge in [0.05, 0.1) is 18.2 Å². The molecule has 0 aliphatic heterocycles. The molecule has 0 spiro atoms. The zero-order valence-corrected chi connectivity index (χ0v) is 12.2. The molecule has 1 aromatic heterocycles. The van der Waals surface area contributed by atoms with Crippen molar-refractivity contribution >= 4 is 22.5 Å². The van der Waals surface area contributed by atoms with Gasteiger partial charge in [-0.3, -0.25) is 4.98 Å². The molecule has 2 aromatic rings. The molecule has 5 heteroatoms. The summed E-state index contributed by atoms with van der Waals surface area (Å²) in [7, 11) is 0. The van der Waals surface area contributed by atoms with Crippen molar-refractivity contribution in [1.29, 1.82) is 0 Å². The van der Waals surface area contributed by atoms with Crippen molar-refractivity contribution in [2.24, 2.45) is 0 Å². The van der Waals surface area contributed by atoms with Crippen LogP contribution in [0.25, 0.3) is 10.9 Å². The number of aliphatic hydroxyl groups is 1. The first-order valence-electron chi connectivity index (χ1n) is 6.71. The van der Waals surface area contributed by atoms with E-state index in [0.717, 1.165) is 16.5 Å². The molecule has 108 valence electrons. The minimum Gasteiger partial charge on any atom is -0.389 e. The summed E-state index contributed by atoms with van der Waals surface area (Å²) in [5, 5.41) is 14.5. The highest BCUT2D eigenvalue weighted by molar-refractivity contribution is 6.35. The van der Waals surface area contributed by atoms with Crippen LogP contribution in [-0.4, -0.2) is 36.0 Å². The van der Waals surface area contributed by atoms with E-state index < -0.39 is 6.10 Å². The monoisotopic (exact) mass is 294 g/mol. The van der Waals surface area contributed by atoms with Gasteiger partial charge >= 0.3 is 0 Å². The second-order valence-corrected chi connectivity index (χ2v) is 4.96. The van der Waals surface area contributed by atoms with Crippen LogP contribution in [0.4, 0.5) is 0 Å². The molecule has 0 bridgehead atoms. The molecular formula is C15H19ClN2O2. The molecule has 2 rings (SSSR count). The number of halogens is 1. The zero-order valence-electron chi connectivity index (χ0n) is 11.5. The SMILES string of the molecule is CCOCC(O)CNCc1ccc(Cl)c2cccnc12. The third-order valence-corrected chi connectivity index (χ3v) is 3.34. The fraction of sp³-hybridized carbons (Fsp3) is 0.400. The number of aliphatic hydroxyl groups excluding tert-OH is 1. The largest absolute Gasteiger partial charge is 0.389 e. The Bertz CT molecular complexity index is 563. The highest BCUT2D eigenvalue weighted by Gasteiger charge is 2.07. The quantitative estimate of drug-likeness (QED) is 0.823. The Morgan fingerprint density at radius 3 is 3.05 bits per heavy atom. The first kappa shape index (κ1) is 15.2. The molecule has 1 heterocycles. The van der Waals surface area contributed by atoms with Crippen molar-refractivity contribution in [2.45, 2.75) is 19.6 Å². The molecule has 0 aliphatic rings. The van der Waals surface area contributed by atoms with Gasteiger partial charge in [-0.1, -0.05) is 17.7 Å². The highest BCUT2D eigenvalue weighted by Crippen LogP contribution is 2.24. The van der Waals surface area contributed by atoms with Crippen LogP contribution >= 0.6 is 11.6 Å². The van der Waals surface area contributed by atoms with Crippen molar-refractivity contribution in [1.82, 2.24) is 10.3 Å². The van der Waals surface area contributed by atoms with Gasteiger partial charge in [-0.2, -0.15) is 0 Å². The lowest BCUT2D eigenvalue weighted by Crippen LogP contribution is -2.30. The smallest absolute Gasteiger partial charge is 0.0897 e. The number of rotatable bonds is 7. The maximum Gasteiger partial charge on any atom is 0.0897 e. The van der Waals surface area contributed by atoms with E-state index in [9.17, 15) is 5.11 Å². The van der Waals surface area contributed by atoms with Crippen LogP contribution in [0.1, 0.15) is 12.5 Å². The Balaban J connectivity index is 1.98. The van der Waals surface area contributed by atoms with Gasteiger partial charge < -0.3 is 15.2 Å². The molecule has 1 unspecified atom stereocenters. The number of ether oxygens (including phenoxy) is 1. The summed E-state index contributed by atoms with van der Waals surface area (Å²) in [6, 6.07) is 7.66. The van der Waals surface area contributed by atoms with Gasteiger partial charge in [0, 0.05) is 36.3 Å². The van der Waals surface area contributed by atoms with E-state index in [1.54, 1.807) is 6.20 Å². The number of aromatic nitrogens is 1. The lowest BCUT2D eigenvalue weighted by Gasteiger charge is -2.12. The predicted octanol–water partition coefficient (Wildman–Crippen LogP) is 2.38. The normalized spacial score (nSPS) is 12.8. The maximum absolute atomic E-state index is 9.69. The molecule has 0 radical (unpaired) electrons. The summed E-state index contributed by atoms with van der Waals surface area (Å²) in [4.78, 5) is 4.38. The molecule has 0 aliphatic carbocycles. The van der Waals surface area contributed by atoms with Crippen molar-refractivity contribution < 1.29 is 9.84 Å². The molecule has 4 nitrogen and oxygen atoms in total. The Hall–Kier alpha value is -1.20. The minimum absolute atomic E-state index is 0.350. The van der Waals surface area contributed by atoms with Gasteiger partial charge in [-0.15, -0.1) is 0 Å². The van der Waals surface area contributed by atoms with Gasteiger partial charge in [0.1, 0.15) is 0 Å². The summed E-state index contributed by atoms with van der Waals surface area (Å²) in [5.74, 6) is 0. The standard InChI is InChI=1S/C15H19ClN2O2/c1-2-20-10-12(19)9-17-8-11-5-6-14(16)13-4-3-7-18-15(11)13/h3-7,12,17,19H,2,8-10H2,1H3. The van der Waals surface area contributed by atoms with Crippen LogP contribution in [0.5, 0.6) is 0 Å². The van der Waals surface area contributed by atoms with Crippen molar-refractivity contribution in [3.8, 4) is 0 Å². The van der Waals surface area contributed by atoms with Crippen LogP contribution in [0.15, 0.2) is 30.5 Å². The third kappa shape index (κ3) is 3.90. The molecule has 0 saturated carbocycles. The highest BCUT2D eigenvalue weighted by atomic mass is 35.5. The first-order valence-corrected chi connectivity index (χ1v) is 7.08. The van der Waals surface area contributed by atoms with Crippen molar-refractivity contribution in [3.63, 3.8) is 0 Å². The number of hydrogen-bond acceptors (Lipinski definition) is 4. The number of benzene rings is 1. The number of fused-ring (bicyclic) bond motifs is 1. The molecule has 1 aromatic carbocycles. The van der Waals surface area contributed by atoms with E-state index in [-0.39, 0.29) is 0 Å². The lowest BCUT2D eigenvalue weighted by molar-refractivity contribution is 0.0427. The molecule has 0 fully saturated rings. The third-order valence-electron chi connectivity index (χ3n) is 3.01. The molecule has 2 N–H and O–H groups in total. The molecule has 0 saturated heterocycles. The van der Waals surface area contributed by atoms with Crippen LogP contribution in [0, 0.1) is 0 Å². The second kappa shape index (κ2) is 7.55. The predicted molar refractivity (Wildman–Crippen MR) is 81.0 cm³/mol. The van der Waals surface area contributed by atoms with Gasteiger partial charge in [-0.05, 0) is 30.7 Å². The van der Waals surface area contributed by atoms with Gasteiger partial charge in [0.15, 0.2) is 0 Å². The second-order valence-electron chi connectivity index (χ2n) is 4.55. The van der Waals surface area contributed by atoms with E-state index in [1.807, 2.05) is 31.2 Å². The molecule has 0 amide bonds. The Morgan fingerprint density at radius 1 is 1.40 bits per heavy atom. The number of pyridine rings is 1. The summed E-state index contributed by atoms with van der Waals surface area (Å²) >= 11 is 6.15. The van der Waals surface area contributed by atoms with Crippen LogP contribution in [0.2, 0.25) is 5.02 Å². The van der Waals surface area contributed by atoms with E-state index in [2.05, 4.69) is 10.3 Å². The average molecular weight is 295 g/mol. The Labute approximate surface area is 123 Å². The van der Waals surface area contributed by atoms with Crippen LogP contribution in [0.3, 0.4) is 0 Å². The molecular weight excluding hydrogens is 276 g/mol. The summed E-state index contributed by atoms with van der Waals surface area (Å²) in [6.45, 7) is 3.99. The summed E-state index contributed by atoms with van der Waals surface area (Å²) < 4.78 is 5.16. The van der Waals surface area contributed by atoms with Gasteiger partial charge in [0.2, 0.25) is 0 Å². The van der Waals surface area contributed by atoms with E-state index in [4.69, 9.17) is 16.3 Å². The topological polar surface area (TPSA) is 54.4 Å². The average Bonchev–Trinajstić information content (AvgIpc) is 2.48.